The summed E-state index contributed by atoms with van der Waals surface area (Å²) in [6, 6.07) is 9.48. The summed E-state index contributed by atoms with van der Waals surface area (Å²) in [5, 5.41) is 3.84. The minimum atomic E-state index is 0.650. The summed E-state index contributed by atoms with van der Waals surface area (Å²) in [5.41, 5.74) is 1.46. The second kappa shape index (κ2) is 9.63. The summed E-state index contributed by atoms with van der Waals surface area (Å²) < 4.78 is 1.20. The average Bonchev–Trinajstić information content (AvgIpc) is 2.43. The van der Waals surface area contributed by atoms with Gasteiger partial charge in [-0.25, -0.2) is 0 Å². The third kappa shape index (κ3) is 6.12. The lowest BCUT2D eigenvalue weighted by Gasteiger charge is -2.30. The first-order valence-corrected chi connectivity index (χ1v) is 9.56. The molecule has 1 aliphatic rings. The van der Waals surface area contributed by atoms with Gasteiger partial charge in [-0.05, 0) is 55.8 Å². The fourth-order valence-corrected chi connectivity index (χ4v) is 3.99. The molecule has 0 bridgehead atoms. The molecule has 0 spiro atoms. The maximum absolute atomic E-state index is 3.84. The van der Waals surface area contributed by atoms with E-state index in [0.717, 1.165) is 12.5 Å². The van der Waals surface area contributed by atoms with Crippen LogP contribution in [-0.4, -0.2) is 12.6 Å². The van der Waals surface area contributed by atoms with Gasteiger partial charge in [0.15, 0.2) is 0 Å². The lowest BCUT2D eigenvalue weighted by Crippen LogP contribution is -2.39. The minimum absolute atomic E-state index is 0.650. The largest absolute Gasteiger partial charge is 0.313 e. The third-order valence-electron chi connectivity index (χ3n) is 4.72. The Morgan fingerprint density at radius 3 is 2.52 bits per heavy atom. The molecule has 21 heavy (non-hydrogen) atoms. The van der Waals surface area contributed by atoms with E-state index in [2.05, 4.69) is 52.4 Å². The Kier molecular flexibility index (Phi) is 7.81. The SMILES string of the molecule is CCCNC(Cc1cccc(Br)c1)C1CCCCCCC1. The molecule has 0 amide bonds. The molecule has 1 nitrogen and oxygen atoms in total. The molecule has 118 valence electrons. The maximum Gasteiger partial charge on any atom is 0.0178 e. The molecule has 1 N–H and O–H groups in total. The van der Waals surface area contributed by atoms with Crippen molar-refractivity contribution >= 4 is 15.9 Å². The van der Waals surface area contributed by atoms with Crippen molar-refractivity contribution in [2.45, 2.75) is 70.8 Å². The molecular formula is C19H30BrN. The van der Waals surface area contributed by atoms with E-state index in [1.54, 1.807) is 0 Å². The molecule has 1 saturated carbocycles. The monoisotopic (exact) mass is 351 g/mol. The van der Waals surface area contributed by atoms with Gasteiger partial charge in [0.2, 0.25) is 0 Å². The van der Waals surface area contributed by atoms with Crippen molar-refractivity contribution < 1.29 is 0 Å². The Morgan fingerprint density at radius 1 is 1.14 bits per heavy atom. The van der Waals surface area contributed by atoms with E-state index in [-0.39, 0.29) is 0 Å². The van der Waals surface area contributed by atoms with Gasteiger partial charge in [-0.3, -0.25) is 0 Å². The highest BCUT2D eigenvalue weighted by atomic mass is 79.9. The average molecular weight is 352 g/mol. The minimum Gasteiger partial charge on any atom is -0.313 e. The molecule has 2 rings (SSSR count). The van der Waals surface area contributed by atoms with E-state index in [1.165, 1.54) is 67.8 Å². The molecule has 0 aliphatic heterocycles. The summed E-state index contributed by atoms with van der Waals surface area (Å²) in [6.07, 6.45) is 12.4. The van der Waals surface area contributed by atoms with Gasteiger partial charge in [0.25, 0.3) is 0 Å². The molecule has 0 radical (unpaired) electrons. The molecule has 1 aliphatic carbocycles. The van der Waals surface area contributed by atoms with E-state index in [0.29, 0.717) is 6.04 Å². The molecule has 1 fully saturated rings. The first-order chi connectivity index (χ1) is 10.3. The van der Waals surface area contributed by atoms with Gasteiger partial charge in [-0.1, -0.05) is 67.1 Å². The van der Waals surface area contributed by atoms with E-state index < -0.39 is 0 Å². The van der Waals surface area contributed by atoms with Crippen LogP contribution < -0.4 is 5.32 Å². The van der Waals surface area contributed by atoms with Gasteiger partial charge in [0.05, 0.1) is 0 Å². The fraction of sp³-hybridized carbons (Fsp3) is 0.684. The van der Waals surface area contributed by atoms with Crippen LogP contribution in [0.5, 0.6) is 0 Å². The second-order valence-corrected chi connectivity index (χ2v) is 7.42. The van der Waals surface area contributed by atoms with Gasteiger partial charge in [-0.15, -0.1) is 0 Å². The molecule has 1 atom stereocenters. The van der Waals surface area contributed by atoms with Crippen molar-refractivity contribution in [3.8, 4) is 0 Å². The van der Waals surface area contributed by atoms with Crippen LogP contribution in [0.2, 0.25) is 0 Å². The number of hydrogen-bond acceptors (Lipinski definition) is 1. The summed E-state index contributed by atoms with van der Waals surface area (Å²) in [4.78, 5) is 0. The van der Waals surface area contributed by atoms with Crippen LogP contribution in [0, 0.1) is 5.92 Å². The highest BCUT2D eigenvalue weighted by Gasteiger charge is 2.21. The van der Waals surface area contributed by atoms with Crippen LogP contribution >= 0.6 is 15.9 Å². The van der Waals surface area contributed by atoms with Crippen molar-refractivity contribution in [1.82, 2.24) is 5.32 Å². The molecule has 1 unspecified atom stereocenters. The summed E-state index contributed by atoms with van der Waals surface area (Å²) in [5.74, 6) is 0.857. The molecule has 1 aromatic carbocycles. The van der Waals surface area contributed by atoms with Crippen LogP contribution in [0.4, 0.5) is 0 Å². The van der Waals surface area contributed by atoms with Crippen molar-refractivity contribution in [1.29, 1.82) is 0 Å². The maximum atomic E-state index is 3.84. The van der Waals surface area contributed by atoms with Crippen LogP contribution in [0.25, 0.3) is 0 Å². The van der Waals surface area contributed by atoms with E-state index in [9.17, 15) is 0 Å². The van der Waals surface area contributed by atoms with E-state index >= 15 is 0 Å². The van der Waals surface area contributed by atoms with E-state index in [4.69, 9.17) is 0 Å². The van der Waals surface area contributed by atoms with Crippen LogP contribution in [0.15, 0.2) is 28.7 Å². The third-order valence-corrected chi connectivity index (χ3v) is 5.21. The predicted molar refractivity (Wildman–Crippen MR) is 95.7 cm³/mol. The van der Waals surface area contributed by atoms with Crippen LogP contribution in [-0.2, 0) is 6.42 Å². The van der Waals surface area contributed by atoms with Gasteiger partial charge in [0, 0.05) is 10.5 Å². The van der Waals surface area contributed by atoms with Crippen molar-refractivity contribution in [3.05, 3.63) is 34.3 Å². The number of rotatable bonds is 6. The summed E-state index contributed by atoms with van der Waals surface area (Å²) in [6.45, 7) is 3.41. The molecule has 0 aromatic heterocycles. The standard InChI is InChI=1S/C19H30BrN/c1-2-13-21-19(15-16-9-8-12-18(20)14-16)17-10-6-4-3-5-7-11-17/h8-9,12,14,17,19,21H,2-7,10-11,13,15H2,1H3. The normalized spacial score (nSPS) is 19.0. The molecule has 1 aromatic rings. The van der Waals surface area contributed by atoms with Crippen molar-refractivity contribution in [2.24, 2.45) is 5.92 Å². The van der Waals surface area contributed by atoms with Gasteiger partial charge in [0.1, 0.15) is 0 Å². The van der Waals surface area contributed by atoms with Gasteiger partial charge in [-0.2, -0.15) is 0 Å². The highest BCUT2D eigenvalue weighted by Crippen LogP contribution is 2.27. The summed E-state index contributed by atoms with van der Waals surface area (Å²) >= 11 is 3.60. The van der Waals surface area contributed by atoms with Gasteiger partial charge < -0.3 is 5.32 Å². The molecular weight excluding hydrogens is 322 g/mol. The lowest BCUT2D eigenvalue weighted by molar-refractivity contribution is 0.283. The predicted octanol–water partition coefficient (Wildman–Crippen LogP) is 5.72. The Bertz CT molecular complexity index is 396. The zero-order chi connectivity index (χ0) is 14.9. The quantitative estimate of drug-likeness (QED) is 0.690. The second-order valence-electron chi connectivity index (χ2n) is 6.50. The topological polar surface area (TPSA) is 12.0 Å². The smallest absolute Gasteiger partial charge is 0.0178 e. The fourth-order valence-electron chi connectivity index (χ4n) is 3.54. The highest BCUT2D eigenvalue weighted by molar-refractivity contribution is 9.10. The number of hydrogen-bond donors (Lipinski definition) is 1. The number of benzene rings is 1. The number of nitrogens with one attached hydrogen (secondary N) is 1. The Hall–Kier alpha value is -0.340. The number of halogens is 1. The first kappa shape index (κ1) is 17.0. The zero-order valence-corrected chi connectivity index (χ0v) is 15.0. The van der Waals surface area contributed by atoms with E-state index in [1.807, 2.05) is 0 Å². The van der Waals surface area contributed by atoms with Gasteiger partial charge >= 0.3 is 0 Å². The Labute approximate surface area is 139 Å². The molecule has 2 heteroatoms. The van der Waals surface area contributed by atoms with Crippen molar-refractivity contribution in [2.75, 3.05) is 6.54 Å². The Morgan fingerprint density at radius 2 is 1.86 bits per heavy atom. The molecule has 0 heterocycles. The zero-order valence-electron chi connectivity index (χ0n) is 13.4. The van der Waals surface area contributed by atoms with Crippen LogP contribution in [0.1, 0.15) is 63.9 Å². The Balaban J connectivity index is 2.01. The van der Waals surface area contributed by atoms with Crippen molar-refractivity contribution in [3.63, 3.8) is 0 Å². The molecule has 0 saturated heterocycles. The summed E-state index contributed by atoms with van der Waals surface area (Å²) in [7, 11) is 0. The first-order valence-electron chi connectivity index (χ1n) is 8.77. The van der Waals surface area contributed by atoms with Crippen LogP contribution in [0.3, 0.4) is 0 Å². The lowest BCUT2D eigenvalue weighted by atomic mass is 9.83.